The van der Waals surface area contributed by atoms with E-state index in [0.717, 1.165) is 16.7 Å². The van der Waals surface area contributed by atoms with E-state index in [1.54, 1.807) is 0 Å². The molecule has 0 saturated carbocycles. The molecule has 0 heterocycles. The Bertz CT molecular complexity index is 367. The molecule has 3 N–H and O–H groups in total. The minimum Gasteiger partial charge on any atom is -0.506 e. The summed E-state index contributed by atoms with van der Waals surface area (Å²) in [6.45, 7) is 7.52. The van der Waals surface area contributed by atoms with E-state index in [2.05, 4.69) is 0 Å². The molecule has 2 nitrogen and oxygen atoms in total. The molecule has 1 aromatic carbocycles. The van der Waals surface area contributed by atoms with Gasteiger partial charge in [0.15, 0.2) is 0 Å². The number of phenolic OH excluding ortho intramolecular Hbond substituents is 1. The average Bonchev–Trinajstić information content (AvgIpc) is 2.06. The van der Waals surface area contributed by atoms with Crippen LogP contribution in [0.5, 0.6) is 5.75 Å². The number of hydrogen-bond acceptors (Lipinski definition) is 2. The number of aryl methyl sites for hydroxylation is 1. The minimum atomic E-state index is -0.438. The lowest BCUT2D eigenvalue weighted by atomic mass is 9.90. The molecule has 0 saturated heterocycles. The zero-order valence-electron chi connectivity index (χ0n) is 8.98. The molecule has 14 heavy (non-hydrogen) atoms. The molecule has 0 amide bonds. The van der Waals surface area contributed by atoms with Crippen LogP contribution >= 0.6 is 11.6 Å². The molecule has 0 aliphatic carbocycles. The maximum atomic E-state index is 9.60. The quantitative estimate of drug-likeness (QED) is 0.754. The summed E-state index contributed by atoms with van der Waals surface area (Å²) in [6, 6.07) is 1.89. The summed E-state index contributed by atoms with van der Waals surface area (Å²) < 4.78 is 0. The molecular weight excluding hydrogens is 198 g/mol. The largest absolute Gasteiger partial charge is 0.506 e. The maximum Gasteiger partial charge on any atom is 0.137 e. The van der Waals surface area contributed by atoms with Crippen molar-refractivity contribution in [1.29, 1.82) is 0 Å². The van der Waals surface area contributed by atoms with Gasteiger partial charge in [0.2, 0.25) is 0 Å². The Balaban J connectivity index is 3.49. The van der Waals surface area contributed by atoms with E-state index in [0.29, 0.717) is 5.02 Å². The van der Waals surface area contributed by atoms with Gasteiger partial charge in [0, 0.05) is 5.54 Å². The van der Waals surface area contributed by atoms with E-state index >= 15 is 0 Å². The molecule has 0 unspecified atom stereocenters. The van der Waals surface area contributed by atoms with Gasteiger partial charge in [-0.25, -0.2) is 0 Å². The third-order valence-corrected chi connectivity index (χ3v) is 2.83. The summed E-state index contributed by atoms with van der Waals surface area (Å²) in [5.41, 5.74) is 8.14. The van der Waals surface area contributed by atoms with Gasteiger partial charge in [-0.3, -0.25) is 0 Å². The lowest BCUT2D eigenvalue weighted by molar-refractivity contribution is 0.468. The third kappa shape index (κ3) is 1.86. The Morgan fingerprint density at radius 2 is 1.86 bits per heavy atom. The van der Waals surface area contributed by atoms with Gasteiger partial charge in [0.1, 0.15) is 5.75 Å². The average molecular weight is 214 g/mol. The smallest absolute Gasteiger partial charge is 0.137 e. The summed E-state index contributed by atoms with van der Waals surface area (Å²) in [5.74, 6) is 0.150. The van der Waals surface area contributed by atoms with Gasteiger partial charge in [-0.05, 0) is 44.4 Å². The highest BCUT2D eigenvalue weighted by atomic mass is 35.5. The van der Waals surface area contributed by atoms with Gasteiger partial charge >= 0.3 is 0 Å². The van der Waals surface area contributed by atoms with E-state index in [4.69, 9.17) is 17.3 Å². The summed E-state index contributed by atoms with van der Waals surface area (Å²) in [6.07, 6.45) is 0. The van der Waals surface area contributed by atoms with Crippen LogP contribution < -0.4 is 5.73 Å². The number of rotatable bonds is 1. The fourth-order valence-electron chi connectivity index (χ4n) is 1.53. The van der Waals surface area contributed by atoms with Crippen molar-refractivity contribution in [3.05, 3.63) is 27.8 Å². The van der Waals surface area contributed by atoms with Crippen molar-refractivity contribution in [2.45, 2.75) is 33.2 Å². The van der Waals surface area contributed by atoms with Crippen LogP contribution in [-0.4, -0.2) is 5.11 Å². The SMILES string of the molecule is Cc1cc(C(C)(C)N)c(C)c(Cl)c1O. The van der Waals surface area contributed by atoms with Crippen LogP contribution in [0.1, 0.15) is 30.5 Å². The molecule has 0 aliphatic rings. The number of aromatic hydroxyl groups is 1. The lowest BCUT2D eigenvalue weighted by Crippen LogP contribution is -2.29. The molecular formula is C11H16ClNO. The van der Waals surface area contributed by atoms with Crippen LogP contribution in [0.15, 0.2) is 6.07 Å². The Morgan fingerprint density at radius 3 is 2.29 bits per heavy atom. The molecule has 0 atom stereocenters. The highest BCUT2D eigenvalue weighted by molar-refractivity contribution is 6.33. The Labute approximate surface area is 89.7 Å². The van der Waals surface area contributed by atoms with Crippen molar-refractivity contribution in [2.75, 3.05) is 0 Å². The summed E-state index contributed by atoms with van der Waals surface area (Å²) in [4.78, 5) is 0. The number of nitrogens with two attached hydrogens (primary N) is 1. The Hall–Kier alpha value is -0.730. The monoisotopic (exact) mass is 213 g/mol. The van der Waals surface area contributed by atoms with Crippen LogP contribution in [0.25, 0.3) is 0 Å². The molecule has 0 bridgehead atoms. The number of hydrogen-bond donors (Lipinski definition) is 2. The zero-order valence-corrected chi connectivity index (χ0v) is 9.74. The van der Waals surface area contributed by atoms with E-state index in [-0.39, 0.29) is 5.75 Å². The number of benzene rings is 1. The molecule has 0 aromatic heterocycles. The van der Waals surface area contributed by atoms with Crippen LogP contribution in [-0.2, 0) is 5.54 Å². The first kappa shape index (κ1) is 11.3. The molecule has 1 rings (SSSR count). The van der Waals surface area contributed by atoms with E-state index < -0.39 is 5.54 Å². The van der Waals surface area contributed by atoms with E-state index in [1.165, 1.54) is 0 Å². The third-order valence-electron chi connectivity index (χ3n) is 2.37. The Morgan fingerprint density at radius 1 is 1.36 bits per heavy atom. The summed E-state index contributed by atoms with van der Waals surface area (Å²) in [7, 11) is 0. The minimum absolute atomic E-state index is 0.150. The van der Waals surface area contributed by atoms with Crippen LogP contribution in [0, 0.1) is 13.8 Å². The van der Waals surface area contributed by atoms with Gasteiger partial charge < -0.3 is 10.8 Å². The van der Waals surface area contributed by atoms with Gasteiger partial charge in [-0.2, -0.15) is 0 Å². The van der Waals surface area contributed by atoms with Gasteiger partial charge in [-0.1, -0.05) is 17.7 Å². The molecule has 0 aliphatic heterocycles. The highest BCUT2D eigenvalue weighted by Gasteiger charge is 2.20. The first-order valence-corrected chi connectivity index (χ1v) is 4.91. The van der Waals surface area contributed by atoms with Gasteiger partial charge in [-0.15, -0.1) is 0 Å². The fourth-order valence-corrected chi connectivity index (χ4v) is 1.78. The summed E-state index contributed by atoms with van der Waals surface area (Å²) >= 11 is 5.99. The van der Waals surface area contributed by atoms with Crippen molar-refractivity contribution < 1.29 is 5.11 Å². The first-order valence-electron chi connectivity index (χ1n) is 4.53. The van der Waals surface area contributed by atoms with Crippen molar-refractivity contribution in [3.8, 4) is 5.75 Å². The molecule has 3 heteroatoms. The van der Waals surface area contributed by atoms with E-state index in [9.17, 15) is 5.11 Å². The zero-order chi connectivity index (χ0) is 11.1. The highest BCUT2D eigenvalue weighted by Crippen LogP contribution is 2.35. The predicted octanol–water partition coefficient (Wildman–Crippen LogP) is 2.86. The van der Waals surface area contributed by atoms with Crippen molar-refractivity contribution in [3.63, 3.8) is 0 Å². The van der Waals surface area contributed by atoms with Gasteiger partial charge in [0.25, 0.3) is 0 Å². The van der Waals surface area contributed by atoms with Crippen molar-refractivity contribution >= 4 is 11.6 Å². The van der Waals surface area contributed by atoms with Crippen LogP contribution in [0.2, 0.25) is 5.02 Å². The molecule has 78 valence electrons. The number of halogens is 1. The second kappa shape index (κ2) is 3.44. The molecule has 0 radical (unpaired) electrons. The lowest BCUT2D eigenvalue weighted by Gasteiger charge is -2.23. The van der Waals surface area contributed by atoms with E-state index in [1.807, 2.05) is 33.8 Å². The molecule has 0 fully saturated rings. The van der Waals surface area contributed by atoms with Crippen LogP contribution in [0.4, 0.5) is 0 Å². The second-order valence-electron chi connectivity index (χ2n) is 4.25. The molecule has 1 aromatic rings. The maximum absolute atomic E-state index is 9.60. The molecule has 0 spiro atoms. The van der Waals surface area contributed by atoms with Crippen LogP contribution in [0.3, 0.4) is 0 Å². The fraction of sp³-hybridized carbons (Fsp3) is 0.455. The topological polar surface area (TPSA) is 46.2 Å². The summed E-state index contributed by atoms with van der Waals surface area (Å²) in [5, 5.41) is 10.0. The van der Waals surface area contributed by atoms with Crippen molar-refractivity contribution in [2.24, 2.45) is 5.73 Å². The normalized spacial score (nSPS) is 11.9. The first-order chi connectivity index (χ1) is 6.25. The second-order valence-corrected chi connectivity index (χ2v) is 4.63. The Kier molecular flexibility index (Phi) is 2.79. The van der Waals surface area contributed by atoms with Gasteiger partial charge in [0.05, 0.1) is 5.02 Å². The number of phenols is 1. The standard InChI is InChI=1S/C11H16ClNO/c1-6-5-8(11(3,4)13)7(2)9(12)10(6)14/h5,14H,13H2,1-4H3. The predicted molar refractivity (Wildman–Crippen MR) is 59.8 cm³/mol. The van der Waals surface area contributed by atoms with Crippen molar-refractivity contribution in [1.82, 2.24) is 0 Å².